The molecule has 1 aromatic carbocycles. The Morgan fingerprint density at radius 2 is 1.28 bits per heavy atom. The Labute approximate surface area is 228 Å². The minimum Gasteiger partial charge on any atom is -0.494 e. The van der Waals surface area contributed by atoms with Gasteiger partial charge in [-0.25, -0.2) is 0 Å². The van der Waals surface area contributed by atoms with Crippen LogP contribution in [0, 0.1) is 0 Å². The average Bonchev–Trinajstić information content (AvgIpc) is 2.98. The number of nitrogens with zero attached hydrogens (tertiary/aromatic N) is 6. The molecule has 0 atom stereocenters. The Bertz CT molecular complexity index is 1300. The van der Waals surface area contributed by atoms with Gasteiger partial charge in [0, 0.05) is 47.7 Å². The maximum Gasteiger partial charge on any atom is 0.231 e. The number of rotatable bonds is 13. The van der Waals surface area contributed by atoms with Crippen molar-refractivity contribution in [3.63, 3.8) is 0 Å². The van der Waals surface area contributed by atoms with Crippen LogP contribution in [0.15, 0.2) is 89.6 Å². The Balaban J connectivity index is 1.52. The summed E-state index contributed by atoms with van der Waals surface area (Å²) in [6.45, 7) is 6.72. The minimum atomic E-state index is 0.382. The molecule has 10 nitrogen and oxygen atoms in total. The molecule has 0 saturated heterocycles. The maximum absolute atomic E-state index is 5.82. The number of nitrogens with one attached hydrogen (secondary N) is 3. The summed E-state index contributed by atoms with van der Waals surface area (Å²) < 4.78 is 5.82. The van der Waals surface area contributed by atoms with Gasteiger partial charge in [0.05, 0.1) is 18.0 Å². The molecule has 0 fully saturated rings. The number of ether oxygens (including phenoxy) is 1. The van der Waals surface area contributed by atoms with Crippen LogP contribution in [-0.4, -0.2) is 38.0 Å². The summed E-state index contributed by atoms with van der Waals surface area (Å²) in [7, 11) is 0. The van der Waals surface area contributed by atoms with E-state index in [1.54, 1.807) is 30.9 Å². The number of pyridine rings is 2. The lowest BCUT2D eigenvalue weighted by molar-refractivity contribution is 0.306. The number of aromatic nitrogens is 4. The van der Waals surface area contributed by atoms with Crippen LogP contribution in [0.25, 0.3) is 0 Å². The monoisotopic (exact) mass is 523 g/mol. The van der Waals surface area contributed by atoms with Crippen molar-refractivity contribution >= 4 is 34.7 Å². The van der Waals surface area contributed by atoms with E-state index in [2.05, 4.69) is 53.2 Å². The SMILES string of the molecule is CCCCCOc1ccc(Nc2nc(NN=C(C)c3ccncc3)cc(NN=C(C)c3ccncc3)n2)cc1. The van der Waals surface area contributed by atoms with Crippen LogP contribution in [0.5, 0.6) is 5.75 Å². The van der Waals surface area contributed by atoms with Crippen LogP contribution in [0.3, 0.4) is 0 Å². The van der Waals surface area contributed by atoms with E-state index >= 15 is 0 Å². The van der Waals surface area contributed by atoms with Gasteiger partial charge in [-0.1, -0.05) is 19.8 Å². The highest BCUT2D eigenvalue weighted by atomic mass is 16.5. The first-order chi connectivity index (χ1) is 19.1. The molecule has 4 rings (SSSR count). The Morgan fingerprint density at radius 1 is 0.744 bits per heavy atom. The van der Waals surface area contributed by atoms with Gasteiger partial charge in [-0.05, 0) is 68.8 Å². The molecule has 4 aromatic rings. The lowest BCUT2D eigenvalue weighted by Crippen LogP contribution is -2.07. The fraction of sp³-hybridized carbons (Fsp3) is 0.241. The molecule has 3 aromatic heterocycles. The third-order valence-corrected chi connectivity index (χ3v) is 5.73. The van der Waals surface area contributed by atoms with Crippen LogP contribution in [0.1, 0.15) is 51.2 Å². The van der Waals surface area contributed by atoms with E-state index in [0.29, 0.717) is 24.2 Å². The van der Waals surface area contributed by atoms with Crippen LogP contribution in [-0.2, 0) is 0 Å². The molecule has 10 heteroatoms. The molecule has 0 radical (unpaired) electrons. The predicted octanol–water partition coefficient (Wildman–Crippen LogP) is 6.25. The van der Waals surface area contributed by atoms with Gasteiger partial charge in [-0.15, -0.1) is 0 Å². The summed E-state index contributed by atoms with van der Waals surface area (Å²) in [5, 5.41) is 12.2. The van der Waals surface area contributed by atoms with E-state index in [1.807, 2.05) is 62.4 Å². The number of hydrazone groups is 2. The fourth-order valence-corrected chi connectivity index (χ4v) is 3.52. The van der Waals surface area contributed by atoms with Crippen molar-refractivity contribution < 1.29 is 4.74 Å². The van der Waals surface area contributed by atoms with Crippen molar-refractivity contribution in [2.75, 3.05) is 22.8 Å². The van der Waals surface area contributed by atoms with Crippen molar-refractivity contribution in [3.8, 4) is 5.75 Å². The van der Waals surface area contributed by atoms with Gasteiger partial charge in [-0.2, -0.15) is 20.2 Å². The van der Waals surface area contributed by atoms with E-state index in [0.717, 1.165) is 46.8 Å². The fourth-order valence-electron chi connectivity index (χ4n) is 3.52. The van der Waals surface area contributed by atoms with Gasteiger partial charge < -0.3 is 10.1 Å². The van der Waals surface area contributed by atoms with Gasteiger partial charge in [-0.3, -0.25) is 20.8 Å². The zero-order valence-electron chi connectivity index (χ0n) is 22.4. The van der Waals surface area contributed by atoms with Crippen LogP contribution in [0.4, 0.5) is 23.3 Å². The van der Waals surface area contributed by atoms with E-state index in [9.17, 15) is 0 Å². The minimum absolute atomic E-state index is 0.382. The second kappa shape index (κ2) is 14.2. The molecule has 39 heavy (non-hydrogen) atoms. The Morgan fingerprint density at radius 3 is 1.79 bits per heavy atom. The molecule has 3 heterocycles. The van der Waals surface area contributed by atoms with Crippen LogP contribution < -0.4 is 20.9 Å². The average molecular weight is 524 g/mol. The number of benzene rings is 1. The van der Waals surface area contributed by atoms with Gasteiger partial charge >= 0.3 is 0 Å². The second-order valence-electron chi connectivity index (χ2n) is 8.76. The third-order valence-electron chi connectivity index (χ3n) is 5.73. The standard InChI is InChI=1S/C29H33N9O/c1-4-5-6-19-39-26-9-7-25(8-10-26)32-29-33-27(37-35-21(2)23-11-15-30-16-12-23)20-28(34-29)38-36-22(3)24-13-17-31-18-14-24/h7-18,20H,4-6,19H2,1-3H3,(H3,32,33,34,37,38). The van der Waals surface area contributed by atoms with Crippen molar-refractivity contribution in [1.82, 2.24) is 19.9 Å². The first kappa shape index (κ1) is 27.2. The van der Waals surface area contributed by atoms with Gasteiger partial charge in [0.2, 0.25) is 5.95 Å². The third kappa shape index (κ3) is 8.60. The summed E-state index contributed by atoms with van der Waals surface area (Å²) >= 11 is 0. The summed E-state index contributed by atoms with van der Waals surface area (Å²) in [5.74, 6) is 2.21. The topological polar surface area (TPSA) is 122 Å². The molecule has 0 unspecified atom stereocenters. The zero-order chi connectivity index (χ0) is 27.3. The first-order valence-electron chi connectivity index (χ1n) is 12.9. The lowest BCUT2D eigenvalue weighted by Gasteiger charge is -2.11. The highest BCUT2D eigenvalue weighted by Crippen LogP contribution is 2.21. The van der Waals surface area contributed by atoms with E-state index in [1.165, 1.54) is 6.42 Å². The lowest BCUT2D eigenvalue weighted by atomic mass is 10.2. The summed E-state index contributed by atoms with van der Waals surface area (Å²) in [5.41, 5.74) is 10.4. The maximum atomic E-state index is 5.82. The molecule has 0 aliphatic rings. The quantitative estimate of drug-likeness (QED) is 0.107. The molecule has 0 aliphatic carbocycles. The molecule has 0 amide bonds. The van der Waals surface area contributed by atoms with Crippen LogP contribution >= 0.6 is 0 Å². The molecule has 0 aliphatic heterocycles. The smallest absolute Gasteiger partial charge is 0.231 e. The Kier molecular flexibility index (Phi) is 9.88. The Hall–Kier alpha value is -4.86. The summed E-state index contributed by atoms with van der Waals surface area (Å²) in [6.07, 6.45) is 10.3. The first-order valence-corrected chi connectivity index (χ1v) is 12.9. The largest absolute Gasteiger partial charge is 0.494 e. The van der Waals surface area contributed by atoms with Crippen LogP contribution in [0.2, 0.25) is 0 Å². The molecular formula is C29H33N9O. The number of hydrogen-bond acceptors (Lipinski definition) is 10. The molecule has 0 spiro atoms. The molecule has 0 bridgehead atoms. The second-order valence-corrected chi connectivity index (χ2v) is 8.76. The van der Waals surface area contributed by atoms with Gasteiger partial charge in [0.15, 0.2) is 11.6 Å². The number of anilines is 4. The van der Waals surface area contributed by atoms with Crippen molar-refractivity contribution in [3.05, 3.63) is 90.5 Å². The van der Waals surface area contributed by atoms with Gasteiger partial charge in [0.25, 0.3) is 0 Å². The molecular weight excluding hydrogens is 490 g/mol. The van der Waals surface area contributed by atoms with E-state index in [-0.39, 0.29) is 0 Å². The summed E-state index contributed by atoms with van der Waals surface area (Å²) in [4.78, 5) is 17.3. The van der Waals surface area contributed by atoms with Crippen molar-refractivity contribution in [1.29, 1.82) is 0 Å². The zero-order valence-corrected chi connectivity index (χ0v) is 22.4. The van der Waals surface area contributed by atoms with Gasteiger partial charge in [0.1, 0.15) is 5.75 Å². The number of unbranched alkanes of at least 4 members (excludes halogenated alkanes) is 2. The highest BCUT2D eigenvalue weighted by molar-refractivity contribution is 5.99. The highest BCUT2D eigenvalue weighted by Gasteiger charge is 2.07. The predicted molar refractivity (Wildman–Crippen MR) is 157 cm³/mol. The number of hydrogen-bond donors (Lipinski definition) is 3. The molecule has 0 saturated carbocycles. The molecule has 200 valence electrons. The molecule has 3 N–H and O–H groups in total. The van der Waals surface area contributed by atoms with Crippen molar-refractivity contribution in [2.45, 2.75) is 40.0 Å². The normalized spacial score (nSPS) is 11.7. The van der Waals surface area contributed by atoms with E-state index < -0.39 is 0 Å². The summed E-state index contributed by atoms with van der Waals surface area (Å²) in [6, 6.07) is 17.1. The van der Waals surface area contributed by atoms with E-state index in [4.69, 9.17) is 4.74 Å². The van der Waals surface area contributed by atoms with Crippen molar-refractivity contribution in [2.24, 2.45) is 10.2 Å².